The largest absolute Gasteiger partial charge is 0.383 e. The minimum Gasteiger partial charge on any atom is -0.383 e. The van der Waals surface area contributed by atoms with Gasteiger partial charge in [0.05, 0.1) is 0 Å². The van der Waals surface area contributed by atoms with E-state index in [0.29, 0.717) is 12.2 Å². The van der Waals surface area contributed by atoms with Crippen LogP contribution in [0, 0.1) is 0 Å². The maximum absolute atomic E-state index is 6.16. The first-order chi connectivity index (χ1) is 8.16. The molecule has 0 saturated carbocycles. The fraction of sp³-hybridized carbons (Fsp3) is 0.154. The second-order valence-electron chi connectivity index (χ2n) is 3.91. The summed E-state index contributed by atoms with van der Waals surface area (Å²) in [5.74, 6) is 0.554. The van der Waals surface area contributed by atoms with Crippen molar-refractivity contribution in [3.63, 3.8) is 0 Å². The molecule has 0 aliphatic carbocycles. The van der Waals surface area contributed by atoms with E-state index >= 15 is 0 Å². The molecule has 0 radical (unpaired) electrons. The molecule has 1 atom stereocenters. The molecular weight excluding hydrogens is 278 g/mol. The number of anilines is 1. The van der Waals surface area contributed by atoms with Crippen LogP contribution < -0.4 is 11.5 Å². The molecule has 1 aromatic carbocycles. The second-order valence-corrected chi connectivity index (χ2v) is 4.83. The van der Waals surface area contributed by atoms with E-state index in [1.54, 1.807) is 6.20 Å². The zero-order chi connectivity index (χ0) is 12.3. The lowest BCUT2D eigenvalue weighted by Gasteiger charge is -2.13. The Morgan fingerprint density at radius 3 is 2.76 bits per heavy atom. The number of aromatic nitrogens is 1. The highest BCUT2D eigenvalue weighted by Crippen LogP contribution is 2.21. The Balaban J connectivity index is 2.17. The highest BCUT2D eigenvalue weighted by atomic mass is 79.9. The summed E-state index contributed by atoms with van der Waals surface area (Å²) in [4.78, 5) is 4.06. The van der Waals surface area contributed by atoms with Gasteiger partial charge in [-0.3, -0.25) is 0 Å². The summed E-state index contributed by atoms with van der Waals surface area (Å²) in [6.07, 6.45) is 2.37. The van der Waals surface area contributed by atoms with Gasteiger partial charge >= 0.3 is 0 Å². The maximum atomic E-state index is 6.16. The van der Waals surface area contributed by atoms with Crippen molar-refractivity contribution in [1.82, 2.24) is 4.98 Å². The van der Waals surface area contributed by atoms with Crippen LogP contribution in [-0.2, 0) is 6.42 Å². The van der Waals surface area contributed by atoms with Gasteiger partial charge < -0.3 is 11.5 Å². The summed E-state index contributed by atoms with van der Waals surface area (Å²) in [7, 11) is 0. The molecule has 0 bridgehead atoms. The first kappa shape index (κ1) is 12.1. The van der Waals surface area contributed by atoms with E-state index in [4.69, 9.17) is 11.5 Å². The normalized spacial score (nSPS) is 12.4. The molecule has 2 aromatic rings. The van der Waals surface area contributed by atoms with Crippen LogP contribution in [-0.4, -0.2) is 4.98 Å². The molecule has 2 rings (SSSR count). The van der Waals surface area contributed by atoms with E-state index in [9.17, 15) is 0 Å². The molecular formula is C13H14BrN3. The quantitative estimate of drug-likeness (QED) is 0.914. The first-order valence-electron chi connectivity index (χ1n) is 5.37. The molecule has 1 heterocycles. The lowest BCUT2D eigenvalue weighted by Crippen LogP contribution is -2.14. The Bertz CT molecular complexity index is 514. The number of nitrogens with two attached hydrogens (primary N) is 2. The predicted molar refractivity (Wildman–Crippen MR) is 73.4 cm³/mol. The lowest BCUT2D eigenvalue weighted by molar-refractivity contribution is 0.721. The Kier molecular flexibility index (Phi) is 3.76. The third kappa shape index (κ3) is 3.05. The SMILES string of the molecule is Nc1ncccc1CC(N)c1cccc(Br)c1. The van der Waals surface area contributed by atoms with Crippen LogP contribution >= 0.6 is 15.9 Å². The van der Waals surface area contributed by atoms with Crippen LogP contribution in [0.3, 0.4) is 0 Å². The molecule has 17 heavy (non-hydrogen) atoms. The summed E-state index contributed by atoms with van der Waals surface area (Å²) < 4.78 is 1.03. The van der Waals surface area contributed by atoms with E-state index in [0.717, 1.165) is 15.6 Å². The van der Waals surface area contributed by atoms with Crippen LogP contribution in [0.5, 0.6) is 0 Å². The third-order valence-electron chi connectivity index (χ3n) is 2.64. The van der Waals surface area contributed by atoms with E-state index < -0.39 is 0 Å². The smallest absolute Gasteiger partial charge is 0.126 e. The second kappa shape index (κ2) is 5.29. The van der Waals surface area contributed by atoms with Gasteiger partial charge in [-0.2, -0.15) is 0 Å². The number of hydrogen-bond acceptors (Lipinski definition) is 3. The number of hydrogen-bond donors (Lipinski definition) is 2. The topological polar surface area (TPSA) is 64.9 Å². The molecule has 1 aromatic heterocycles. The highest BCUT2D eigenvalue weighted by Gasteiger charge is 2.09. The molecule has 3 nitrogen and oxygen atoms in total. The Morgan fingerprint density at radius 1 is 1.24 bits per heavy atom. The zero-order valence-electron chi connectivity index (χ0n) is 9.31. The molecule has 0 aliphatic heterocycles. The molecule has 1 unspecified atom stereocenters. The number of halogens is 1. The number of benzene rings is 1. The molecule has 0 saturated heterocycles. The number of rotatable bonds is 3. The van der Waals surface area contributed by atoms with Crippen LogP contribution in [0.15, 0.2) is 47.1 Å². The van der Waals surface area contributed by atoms with Gasteiger partial charge in [-0.1, -0.05) is 34.1 Å². The summed E-state index contributed by atoms with van der Waals surface area (Å²) in [6.45, 7) is 0. The minimum absolute atomic E-state index is 0.0704. The van der Waals surface area contributed by atoms with Gasteiger partial charge in [0.25, 0.3) is 0 Å². The summed E-state index contributed by atoms with van der Waals surface area (Å²) in [5.41, 5.74) is 14.0. The maximum Gasteiger partial charge on any atom is 0.126 e. The standard InChI is InChI=1S/C13H14BrN3/c14-11-5-1-3-9(7-11)12(15)8-10-4-2-6-17-13(10)16/h1-7,12H,8,15H2,(H2,16,17). The van der Waals surface area contributed by atoms with Gasteiger partial charge in [0.1, 0.15) is 5.82 Å². The van der Waals surface area contributed by atoms with Gasteiger partial charge in [-0.15, -0.1) is 0 Å². The van der Waals surface area contributed by atoms with Gasteiger partial charge in [0.15, 0.2) is 0 Å². The first-order valence-corrected chi connectivity index (χ1v) is 6.16. The number of pyridine rings is 1. The third-order valence-corrected chi connectivity index (χ3v) is 3.14. The van der Waals surface area contributed by atoms with Crippen LogP contribution in [0.1, 0.15) is 17.2 Å². The summed E-state index contributed by atoms with van der Waals surface area (Å²) >= 11 is 3.44. The van der Waals surface area contributed by atoms with Crippen molar-refractivity contribution in [2.75, 3.05) is 5.73 Å². The zero-order valence-corrected chi connectivity index (χ0v) is 10.9. The van der Waals surface area contributed by atoms with Gasteiger partial charge in [-0.25, -0.2) is 4.98 Å². The fourth-order valence-corrected chi connectivity index (χ4v) is 2.13. The molecule has 0 spiro atoms. The highest BCUT2D eigenvalue weighted by molar-refractivity contribution is 9.10. The summed E-state index contributed by atoms with van der Waals surface area (Å²) in [5, 5.41) is 0. The van der Waals surface area contributed by atoms with Gasteiger partial charge in [0.2, 0.25) is 0 Å². The molecule has 4 heteroatoms. The van der Waals surface area contributed by atoms with Crippen molar-refractivity contribution in [3.8, 4) is 0 Å². The Hall–Kier alpha value is -1.39. The molecule has 0 fully saturated rings. The monoisotopic (exact) mass is 291 g/mol. The van der Waals surface area contributed by atoms with Crippen molar-refractivity contribution < 1.29 is 0 Å². The lowest BCUT2D eigenvalue weighted by atomic mass is 10.0. The van der Waals surface area contributed by atoms with Crippen molar-refractivity contribution in [2.45, 2.75) is 12.5 Å². The van der Waals surface area contributed by atoms with Gasteiger partial charge in [0, 0.05) is 16.7 Å². The van der Waals surface area contributed by atoms with E-state index in [1.807, 2.05) is 36.4 Å². The van der Waals surface area contributed by atoms with Crippen molar-refractivity contribution >= 4 is 21.7 Å². The Morgan fingerprint density at radius 2 is 2.06 bits per heavy atom. The van der Waals surface area contributed by atoms with Crippen molar-refractivity contribution in [2.24, 2.45) is 5.73 Å². The van der Waals surface area contributed by atoms with E-state index in [2.05, 4.69) is 20.9 Å². The van der Waals surface area contributed by atoms with Crippen LogP contribution in [0.2, 0.25) is 0 Å². The molecule has 88 valence electrons. The average Bonchev–Trinajstić information content (AvgIpc) is 2.32. The van der Waals surface area contributed by atoms with Gasteiger partial charge in [-0.05, 0) is 35.7 Å². The fourth-order valence-electron chi connectivity index (χ4n) is 1.72. The van der Waals surface area contributed by atoms with Crippen LogP contribution in [0.4, 0.5) is 5.82 Å². The van der Waals surface area contributed by atoms with Crippen LogP contribution in [0.25, 0.3) is 0 Å². The molecule has 4 N–H and O–H groups in total. The van der Waals surface area contributed by atoms with E-state index in [1.165, 1.54) is 0 Å². The van der Waals surface area contributed by atoms with Crippen molar-refractivity contribution in [3.05, 3.63) is 58.2 Å². The predicted octanol–water partition coefficient (Wildman–Crippen LogP) is 2.67. The average molecular weight is 292 g/mol. The molecule has 0 amide bonds. The number of nitrogens with zero attached hydrogens (tertiary/aromatic N) is 1. The van der Waals surface area contributed by atoms with E-state index in [-0.39, 0.29) is 6.04 Å². The van der Waals surface area contributed by atoms with Crippen molar-refractivity contribution in [1.29, 1.82) is 0 Å². The molecule has 0 aliphatic rings. The minimum atomic E-state index is -0.0704. The Labute approximate surface area is 109 Å². The summed E-state index contributed by atoms with van der Waals surface area (Å²) in [6, 6.07) is 11.8. The number of nitrogen functional groups attached to an aromatic ring is 1.